The molecule has 8 nitrogen and oxygen atoms in total. The van der Waals surface area contributed by atoms with Crippen molar-refractivity contribution < 1.29 is 19.9 Å². The van der Waals surface area contributed by atoms with E-state index in [1.807, 2.05) is 48.5 Å². The van der Waals surface area contributed by atoms with E-state index in [9.17, 15) is 14.7 Å². The van der Waals surface area contributed by atoms with Crippen LogP contribution >= 0.6 is 15.9 Å². The number of hydrogen-bond donors (Lipinski definition) is 6. The number of rotatable bonds is 9. The third-order valence-electron chi connectivity index (χ3n) is 5.26. The maximum atomic E-state index is 12.2. The van der Waals surface area contributed by atoms with Crippen molar-refractivity contribution in [2.24, 2.45) is 0 Å². The zero-order chi connectivity index (χ0) is 26.8. The van der Waals surface area contributed by atoms with E-state index < -0.39 is 18.1 Å². The minimum absolute atomic E-state index is 0.148. The Labute approximate surface area is 223 Å². The maximum absolute atomic E-state index is 12.2. The summed E-state index contributed by atoms with van der Waals surface area (Å²) in [7, 11) is 0. The van der Waals surface area contributed by atoms with Crippen LogP contribution in [0.1, 0.15) is 23.6 Å². The molecular formula is C28H27BrN4O4. The average molecular weight is 563 g/mol. The van der Waals surface area contributed by atoms with Crippen molar-refractivity contribution in [3.05, 3.63) is 101 Å². The lowest BCUT2D eigenvalue weighted by molar-refractivity contribution is -0.133. The Morgan fingerprint density at radius 2 is 1.46 bits per heavy atom. The number of carbonyl (C=O) groups is 2. The Morgan fingerprint density at radius 3 is 2.00 bits per heavy atom. The van der Waals surface area contributed by atoms with E-state index in [0.717, 1.165) is 21.3 Å². The molecule has 0 aliphatic heterocycles. The summed E-state index contributed by atoms with van der Waals surface area (Å²) in [6.45, 7) is 5.47. The predicted octanol–water partition coefficient (Wildman–Crippen LogP) is 3.71. The quantitative estimate of drug-likeness (QED) is 0.134. The van der Waals surface area contributed by atoms with E-state index in [2.05, 4.69) is 50.3 Å². The highest BCUT2D eigenvalue weighted by molar-refractivity contribution is 9.10. The second-order valence-electron chi connectivity index (χ2n) is 8.13. The van der Waals surface area contributed by atoms with E-state index in [0.29, 0.717) is 16.9 Å². The predicted molar refractivity (Wildman–Crippen MR) is 148 cm³/mol. The van der Waals surface area contributed by atoms with Gasteiger partial charge in [0.1, 0.15) is 6.04 Å². The minimum Gasteiger partial charge on any atom is -0.391 e. The van der Waals surface area contributed by atoms with E-state index in [1.54, 1.807) is 24.3 Å². The van der Waals surface area contributed by atoms with Crippen LogP contribution in [0.2, 0.25) is 0 Å². The molecule has 0 bridgehead atoms. The molecule has 3 aromatic carbocycles. The number of nitrogens with one attached hydrogen (secondary N) is 4. The largest absolute Gasteiger partial charge is 0.391 e. The van der Waals surface area contributed by atoms with Crippen LogP contribution in [0.25, 0.3) is 5.70 Å². The van der Waals surface area contributed by atoms with Crippen LogP contribution < -0.4 is 21.4 Å². The lowest BCUT2D eigenvalue weighted by atomic mass is 10.1. The summed E-state index contributed by atoms with van der Waals surface area (Å²) in [4.78, 5) is 23.9. The normalized spacial score (nSPS) is 11.8. The van der Waals surface area contributed by atoms with Gasteiger partial charge >= 0.3 is 0 Å². The Hall–Kier alpha value is -4.10. The van der Waals surface area contributed by atoms with Crippen molar-refractivity contribution in [1.29, 1.82) is 0 Å². The Bertz CT molecular complexity index is 1300. The summed E-state index contributed by atoms with van der Waals surface area (Å²) >= 11 is 3.38. The zero-order valence-electron chi connectivity index (χ0n) is 20.1. The molecule has 3 aromatic rings. The van der Waals surface area contributed by atoms with Crippen LogP contribution in [0.5, 0.6) is 0 Å². The van der Waals surface area contributed by atoms with E-state index >= 15 is 0 Å². The summed E-state index contributed by atoms with van der Waals surface area (Å²) in [5.41, 5.74) is 5.74. The van der Waals surface area contributed by atoms with Gasteiger partial charge in [-0.1, -0.05) is 46.5 Å². The van der Waals surface area contributed by atoms with Crippen LogP contribution in [0, 0.1) is 11.8 Å². The lowest BCUT2D eigenvalue weighted by Gasteiger charge is -2.21. The second-order valence-corrected chi connectivity index (χ2v) is 9.05. The first kappa shape index (κ1) is 27.5. The second kappa shape index (κ2) is 13.3. The summed E-state index contributed by atoms with van der Waals surface area (Å²) in [5.74, 6) is 5.24. The minimum atomic E-state index is -1.05. The van der Waals surface area contributed by atoms with Gasteiger partial charge in [0.15, 0.2) is 0 Å². The monoisotopic (exact) mass is 562 g/mol. The van der Waals surface area contributed by atoms with Crippen molar-refractivity contribution >= 4 is 44.8 Å². The van der Waals surface area contributed by atoms with Crippen LogP contribution in [0.15, 0.2) is 83.8 Å². The maximum Gasteiger partial charge on any atom is 0.268 e. The highest BCUT2D eigenvalue weighted by Gasteiger charge is 2.23. The highest BCUT2D eigenvalue weighted by Crippen LogP contribution is 2.15. The standard InChI is InChI=1S/C28H27BrN4O4/c1-18(31-27(19(2)34)28(36)33-37)22-9-5-20(6-10-22)3-4-21-7-13-25(14-8-21)32-26(35)17-30-24-15-11-23(29)12-16-24/h5-16,19,27,30-31,34,37H,1,17H2,2H3,(H,32,35)(H,33,36)/t19-,27+/m1/s1. The van der Waals surface area contributed by atoms with E-state index in [4.69, 9.17) is 5.21 Å². The molecule has 37 heavy (non-hydrogen) atoms. The molecule has 2 amide bonds. The number of carbonyl (C=O) groups excluding carboxylic acids is 2. The van der Waals surface area contributed by atoms with Gasteiger partial charge in [0.05, 0.1) is 12.6 Å². The Kier molecular flexibility index (Phi) is 9.86. The SMILES string of the molecule is C=C(N[C@H](C(=O)NO)[C@@H](C)O)c1ccc(C#Cc2ccc(NC(=O)CNc3ccc(Br)cc3)cc2)cc1. The van der Waals surface area contributed by atoms with Crippen molar-refractivity contribution in [3.8, 4) is 11.8 Å². The first-order valence-electron chi connectivity index (χ1n) is 11.3. The molecule has 0 heterocycles. The molecule has 2 atom stereocenters. The third-order valence-corrected chi connectivity index (χ3v) is 5.78. The van der Waals surface area contributed by atoms with Gasteiger partial charge in [-0.05, 0) is 73.2 Å². The molecule has 190 valence electrons. The number of benzene rings is 3. The number of aliphatic hydroxyl groups excluding tert-OH is 1. The summed E-state index contributed by atoms with van der Waals surface area (Å²) in [6, 6.07) is 21.0. The fourth-order valence-corrected chi connectivity index (χ4v) is 3.50. The molecule has 0 saturated carbocycles. The van der Waals surface area contributed by atoms with Crippen LogP contribution in [0.3, 0.4) is 0 Å². The van der Waals surface area contributed by atoms with Crippen LogP contribution in [-0.4, -0.2) is 40.8 Å². The Morgan fingerprint density at radius 1 is 0.919 bits per heavy atom. The molecule has 9 heteroatoms. The molecule has 0 unspecified atom stereocenters. The molecule has 0 aliphatic carbocycles. The number of amides is 2. The smallest absolute Gasteiger partial charge is 0.268 e. The molecule has 6 N–H and O–H groups in total. The third kappa shape index (κ3) is 8.51. The topological polar surface area (TPSA) is 123 Å². The fraction of sp³-hybridized carbons (Fsp3) is 0.143. The van der Waals surface area contributed by atoms with Crippen molar-refractivity contribution in [1.82, 2.24) is 10.8 Å². The van der Waals surface area contributed by atoms with Gasteiger partial charge in [0.2, 0.25) is 5.91 Å². The molecule has 0 aromatic heterocycles. The lowest BCUT2D eigenvalue weighted by Crippen LogP contribution is -2.48. The van der Waals surface area contributed by atoms with Gasteiger partial charge in [-0.2, -0.15) is 0 Å². The molecular weight excluding hydrogens is 536 g/mol. The molecule has 0 radical (unpaired) electrons. The van der Waals surface area contributed by atoms with Crippen LogP contribution in [-0.2, 0) is 9.59 Å². The summed E-state index contributed by atoms with van der Waals surface area (Å²) in [5, 5.41) is 27.3. The number of halogens is 1. The van der Waals surface area contributed by atoms with E-state index in [1.165, 1.54) is 12.4 Å². The van der Waals surface area contributed by atoms with Crippen LogP contribution in [0.4, 0.5) is 11.4 Å². The molecule has 0 aliphatic rings. The molecule has 0 saturated heterocycles. The fourth-order valence-electron chi connectivity index (χ4n) is 3.24. The highest BCUT2D eigenvalue weighted by atomic mass is 79.9. The number of aliphatic hydroxyl groups is 1. The van der Waals surface area contributed by atoms with Crippen molar-refractivity contribution in [2.75, 3.05) is 17.2 Å². The molecule has 3 rings (SSSR count). The Balaban J connectivity index is 1.53. The van der Waals surface area contributed by atoms with Gasteiger partial charge in [0, 0.05) is 32.7 Å². The first-order chi connectivity index (χ1) is 17.7. The van der Waals surface area contributed by atoms with Gasteiger partial charge in [0.25, 0.3) is 5.91 Å². The van der Waals surface area contributed by atoms with Gasteiger partial charge in [-0.15, -0.1) is 0 Å². The van der Waals surface area contributed by atoms with Crippen molar-refractivity contribution in [3.63, 3.8) is 0 Å². The van der Waals surface area contributed by atoms with Gasteiger partial charge in [-0.3, -0.25) is 14.8 Å². The van der Waals surface area contributed by atoms with Gasteiger partial charge < -0.3 is 21.1 Å². The average Bonchev–Trinajstić information content (AvgIpc) is 2.90. The number of anilines is 2. The number of hydrogen-bond acceptors (Lipinski definition) is 6. The zero-order valence-corrected chi connectivity index (χ0v) is 21.7. The molecule has 0 fully saturated rings. The van der Waals surface area contributed by atoms with Crippen molar-refractivity contribution in [2.45, 2.75) is 19.1 Å². The summed E-state index contributed by atoms with van der Waals surface area (Å²) < 4.78 is 0.972. The van der Waals surface area contributed by atoms with E-state index in [-0.39, 0.29) is 12.5 Å². The van der Waals surface area contributed by atoms with Gasteiger partial charge in [-0.25, -0.2) is 5.48 Å². The summed E-state index contributed by atoms with van der Waals surface area (Å²) in [6.07, 6.45) is -1.04. The first-order valence-corrected chi connectivity index (χ1v) is 12.1. The number of hydroxylamine groups is 1. The molecule has 0 spiro atoms.